The predicted octanol–water partition coefficient (Wildman–Crippen LogP) is -0.429. The Kier molecular flexibility index (Phi) is 6.52. The fourth-order valence-corrected chi connectivity index (χ4v) is 1.79. The summed E-state index contributed by atoms with van der Waals surface area (Å²) in [5.74, 6) is 0. The van der Waals surface area contributed by atoms with Crippen molar-refractivity contribution in [2.24, 2.45) is 0 Å². The van der Waals surface area contributed by atoms with Crippen LogP contribution in [0.15, 0.2) is 21.9 Å². The minimum absolute atomic E-state index is 0.219. The number of aromatic nitrogens is 2. The Labute approximate surface area is 113 Å². The normalized spacial score (nSPS) is 11.2. The summed E-state index contributed by atoms with van der Waals surface area (Å²) in [7, 11) is 4.01. The summed E-state index contributed by atoms with van der Waals surface area (Å²) in [6.45, 7) is 5.47. The highest BCUT2D eigenvalue weighted by Crippen LogP contribution is 1.83. The zero-order valence-electron chi connectivity index (χ0n) is 12.1. The molecule has 1 N–H and O–H groups in total. The summed E-state index contributed by atoms with van der Waals surface area (Å²) in [5, 5.41) is 3.22. The van der Waals surface area contributed by atoms with E-state index >= 15 is 0 Å². The fraction of sp³-hybridized carbons (Fsp3) is 0.692. The van der Waals surface area contributed by atoms with Crippen molar-refractivity contribution in [2.75, 3.05) is 33.7 Å². The maximum Gasteiger partial charge on any atom is 0.331 e. The Morgan fingerprint density at radius 1 is 1.21 bits per heavy atom. The maximum absolute atomic E-state index is 12.0. The van der Waals surface area contributed by atoms with Gasteiger partial charge in [-0.05, 0) is 20.5 Å². The number of hydrogen-bond donors (Lipinski definition) is 1. The molecular weight excluding hydrogens is 244 g/mol. The molecule has 0 aliphatic carbocycles. The lowest BCUT2D eigenvalue weighted by atomic mass is 10.4. The summed E-state index contributed by atoms with van der Waals surface area (Å²) in [5.41, 5.74) is -0.449. The number of nitrogens with one attached hydrogen (secondary N) is 1. The SMILES string of the molecule is CCCn1ccc(=O)n(CCNCCN(C)C)c1=O. The molecule has 0 saturated carbocycles. The van der Waals surface area contributed by atoms with E-state index in [9.17, 15) is 9.59 Å². The molecule has 0 spiro atoms. The van der Waals surface area contributed by atoms with E-state index in [2.05, 4.69) is 10.2 Å². The van der Waals surface area contributed by atoms with Crippen LogP contribution in [-0.2, 0) is 13.1 Å². The van der Waals surface area contributed by atoms with E-state index in [0.29, 0.717) is 19.6 Å². The van der Waals surface area contributed by atoms with Crippen molar-refractivity contribution >= 4 is 0 Å². The van der Waals surface area contributed by atoms with Gasteiger partial charge < -0.3 is 14.8 Å². The van der Waals surface area contributed by atoms with Crippen molar-refractivity contribution in [3.63, 3.8) is 0 Å². The fourth-order valence-electron chi connectivity index (χ4n) is 1.79. The smallest absolute Gasteiger partial charge is 0.314 e. The van der Waals surface area contributed by atoms with Gasteiger partial charge in [0.1, 0.15) is 0 Å². The molecule has 6 nitrogen and oxygen atoms in total. The lowest BCUT2D eigenvalue weighted by molar-refractivity contribution is 0.396. The molecule has 0 aromatic carbocycles. The van der Waals surface area contributed by atoms with Crippen LogP contribution in [0, 0.1) is 0 Å². The van der Waals surface area contributed by atoms with Crippen LogP contribution in [0.4, 0.5) is 0 Å². The van der Waals surface area contributed by atoms with Gasteiger partial charge in [0, 0.05) is 45.0 Å². The summed E-state index contributed by atoms with van der Waals surface area (Å²) in [6.07, 6.45) is 2.45. The zero-order valence-corrected chi connectivity index (χ0v) is 12.1. The van der Waals surface area contributed by atoms with Gasteiger partial charge in [-0.2, -0.15) is 0 Å². The third kappa shape index (κ3) is 5.00. The lowest BCUT2D eigenvalue weighted by Gasteiger charge is -2.11. The highest BCUT2D eigenvalue weighted by atomic mass is 16.2. The molecule has 1 aromatic rings. The van der Waals surface area contributed by atoms with E-state index in [-0.39, 0.29) is 11.2 Å². The minimum atomic E-state index is -0.230. The Morgan fingerprint density at radius 3 is 2.58 bits per heavy atom. The van der Waals surface area contributed by atoms with Crippen molar-refractivity contribution in [1.82, 2.24) is 19.4 Å². The predicted molar refractivity (Wildman–Crippen MR) is 76.7 cm³/mol. The minimum Gasteiger partial charge on any atom is -0.314 e. The monoisotopic (exact) mass is 268 g/mol. The van der Waals surface area contributed by atoms with E-state index in [1.807, 2.05) is 21.0 Å². The van der Waals surface area contributed by atoms with Gasteiger partial charge in [0.2, 0.25) is 0 Å². The van der Waals surface area contributed by atoms with Crippen molar-refractivity contribution in [1.29, 1.82) is 0 Å². The van der Waals surface area contributed by atoms with Gasteiger partial charge in [-0.1, -0.05) is 6.92 Å². The molecule has 1 heterocycles. The molecule has 6 heteroatoms. The second-order valence-corrected chi connectivity index (χ2v) is 4.83. The average molecular weight is 268 g/mol. The van der Waals surface area contributed by atoms with Gasteiger partial charge in [-0.3, -0.25) is 9.36 Å². The first kappa shape index (κ1) is 15.7. The zero-order chi connectivity index (χ0) is 14.3. The first-order chi connectivity index (χ1) is 9.06. The van der Waals surface area contributed by atoms with E-state index < -0.39 is 0 Å². The van der Waals surface area contributed by atoms with Crippen LogP contribution in [0.3, 0.4) is 0 Å². The summed E-state index contributed by atoms with van der Waals surface area (Å²) in [4.78, 5) is 25.8. The molecule has 0 unspecified atom stereocenters. The number of hydrogen-bond acceptors (Lipinski definition) is 4. The van der Waals surface area contributed by atoms with Gasteiger partial charge in [-0.15, -0.1) is 0 Å². The van der Waals surface area contributed by atoms with Gasteiger partial charge in [0.05, 0.1) is 0 Å². The lowest BCUT2D eigenvalue weighted by Crippen LogP contribution is -2.41. The van der Waals surface area contributed by atoms with Crippen LogP contribution in [0.25, 0.3) is 0 Å². The first-order valence-electron chi connectivity index (χ1n) is 6.72. The maximum atomic E-state index is 12.0. The second kappa shape index (κ2) is 7.91. The highest BCUT2D eigenvalue weighted by molar-refractivity contribution is 4.86. The molecule has 0 bridgehead atoms. The molecule has 1 rings (SSSR count). The third-order valence-electron chi connectivity index (χ3n) is 2.85. The quantitative estimate of drug-likeness (QED) is 0.650. The van der Waals surface area contributed by atoms with E-state index in [4.69, 9.17) is 0 Å². The molecule has 0 aliphatic heterocycles. The average Bonchev–Trinajstić information content (AvgIpc) is 2.36. The first-order valence-corrected chi connectivity index (χ1v) is 6.72. The van der Waals surface area contributed by atoms with Gasteiger partial charge in [0.25, 0.3) is 5.56 Å². The Bertz CT molecular complexity index is 490. The Hall–Kier alpha value is -1.40. The van der Waals surface area contributed by atoms with Crippen LogP contribution in [0.5, 0.6) is 0 Å². The summed E-state index contributed by atoms with van der Waals surface area (Å²) < 4.78 is 2.87. The number of aryl methyl sites for hydroxylation is 1. The second-order valence-electron chi connectivity index (χ2n) is 4.83. The molecule has 0 aliphatic rings. The summed E-state index contributed by atoms with van der Waals surface area (Å²) in [6, 6.07) is 1.46. The molecule has 1 aromatic heterocycles. The van der Waals surface area contributed by atoms with Crippen LogP contribution in [-0.4, -0.2) is 47.8 Å². The van der Waals surface area contributed by atoms with Crippen molar-refractivity contribution < 1.29 is 0 Å². The van der Waals surface area contributed by atoms with Crippen LogP contribution in [0.2, 0.25) is 0 Å². The number of likely N-dealkylation sites (N-methyl/N-ethyl adjacent to an activating group) is 1. The molecular formula is C13H24N4O2. The number of rotatable bonds is 8. The molecule has 0 atom stereocenters. The van der Waals surface area contributed by atoms with Crippen molar-refractivity contribution in [2.45, 2.75) is 26.4 Å². The van der Waals surface area contributed by atoms with Crippen LogP contribution < -0.4 is 16.6 Å². The van der Waals surface area contributed by atoms with E-state index in [0.717, 1.165) is 19.5 Å². The third-order valence-corrected chi connectivity index (χ3v) is 2.85. The molecule has 0 saturated heterocycles. The van der Waals surface area contributed by atoms with Gasteiger partial charge >= 0.3 is 5.69 Å². The summed E-state index contributed by atoms with van der Waals surface area (Å²) >= 11 is 0. The van der Waals surface area contributed by atoms with Crippen molar-refractivity contribution in [3.8, 4) is 0 Å². The van der Waals surface area contributed by atoms with Crippen LogP contribution >= 0.6 is 0 Å². The molecule has 0 amide bonds. The Balaban J connectivity index is 2.60. The Morgan fingerprint density at radius 2 is 1.95 bits per heavy atom. The van der Waals surface area contributed by atoms with Gasteiger partial charge in [0.15, 0.2) is 0 Å². The number of nitrogens with zero attached hydrogens (tertiary/aromatic N) is 3. The largest absolute Gasteiger partial charge is 0.331 e. The standard InChI is InChI=1S/C13H24N4O2/c1-4-8-16-9-5-12(18)17(13(16)19)11-7-14-6-10-15(2)3/h5,9,14H,4,6-8,10-11H2,1-3H3. The molecule has 108 valence electrons. The van der Waals surface area contributed by atoms with Crippen LogP contribution in [0.1, 0.15) is 13.3 Å². The van der Waals surface area contributed by atoms with Crippen molar-refractivity contribution in [3.05, 3.63) is 33.1 Å². The van der Waals surface area contributed by atoms with E-state index in [1.54, 1.807) is 10.8 Å². The highest BCUT2D eigenvalue weighted by Gasteiger charge is 2.03. The van der Waals surface area contributed by atoms with Gasteiger partial charge in [-0.25, -0.2) is 4.79 Å². The molecule has 0 radical (unpaired) electrons. The van der Waals surface area contributed by atoms with E-state index in [1.165, 1.54) is 10.6 Å². The topological polar surface area (TPSA) is 59.3 Å². The molecule has 19 heavy (non-hydrogen) atoms. The molecule has 0 fully saturated rings.